The zero-order valence-corrected chi connectivity index (χ0v) is 29.2. The Morgan fingerprint density at radius 2 is 1.30 bits per heavy atom. The van der Waals surface area contributed by atoms with E-state index in [0.717, 1.165) is 41.1 Å². The molecule has 0 radical (unpaired) electrons. The van der Waals surface area contributed by atoms with Crippen molar-refractivity contribution in [2.24, 2.45) is 5.41 Å². The van der Waals surface area contributed by atoms with E-state index >= 15 is 26.3 Å². The molecule has 0 aliphatic carbocycles. The SMILES string of the molecule is CNC(=O)N1C(CC(O)(c2ccccc2)C(F)(F)F)CN2C(=O)C(CCO)(CCO)CC2C1(CC(O)(c1ccccc1)C(F)(F)F)c1ccccc1C. The van der Waals surface area contributed by atoms with Gasteiger partial charge in [-0.2, -0.15) is 26.3 Å². The van der Waals surface area contributed by atoms with Crippen molar-refractivity contribution in [3.8, 4) is 0 Å². The number of alkyl halides is 6. The Morgan fingerprint density at radius 3 is 1.77 bits per heavy atom. The van der Waals surface area contributed by atoms with Gasteiger partial charge in [-0.15, -0.1) is 0 Å². The number of aliphatic hydroxyl groups is 4. The first-order valence-corrected chi connectivity index (χ1v) is 17.2. The maximum absolute atomic E-state index is 15.6. The van der Waals surface area contributed by atoms with Gasteiger partial charge in [-0.1, -0.05) is 84.9 Å². The van der Waals surface area contributed by atoms with Crippen molar-refractivity contribution in [3.63, 3.8) is 0 Å². The molecule has 15 heteroatoms. The molecule has 288 valence electrons. The molecule has 2 aliphatic rings. The lowest BCUT2D eigenvalue weighted by Gasteiger charge is -2.60. The zero-order valence-electron chi connectivity index (χ0n) is 29.2. The number of benzene rings is 3. The zero-order chi connectivity index (χ0) is 39.0. The van der Waals surface area contributed by atoms with Gasteiger partial charge in [0.05, 0.1) is 23.0 Å². The number of carbonyl (C=O) groups is 2. The smallest absolute Gasteiger partial charge is 0.396 e. The first-order valence-electron chi connectivity index (χ1n) is 17.2. The van der Waals surface area contributed by atoms with Gasteiger partial charge in [0.25, 0.3) is 0 Å². The Labute approximate surface area is 302 Å². The molecule has 0 aromatic heterocycles. The summed E-state index contributed by atoms with van der Waals surface area (Å²) in [7, 11) is 1.15. The molecule has 0 spiro atoms. The number of amides is 3. The van der Waals surface area contributed by atoms with Crippen LogP contribution in [0.4, 0.5) is 31.1 Å². The summed E-state index contributed by atoms with van der Waals surface area (Å²) >= 11 is 0. The van der Waals surface area contributed by atoms with Crippen LogP contribution in [0.15, 0.2) is 84.9 Å². The van der Waals surface area contributed by atoms with E-state index in [2.05, 4.69) is 5.32 Å². The van der Waals surface area contributed by atoms with Crippen LogP contribution >= 0.6 is 0 Å². The van der Waals surface area contributed by atoms with Crippen molar-refractivity contribution in [1.29, 1.82) is 0 Å². The van der Waals surface area contributed by atoms with Crippen molar-refractivity contribution >= 4 is 11.9 Å². The highest BCUT2D eigenvalue weighted by Crippen LogP contribution is 2.59. The second-order valence-corrected chi connectivity index (χ2v) is 14.1. The number of hydrogen-bond acceptors (Lipinski definition) is 6. The molecular weight excluding hydrogens is 708 g/mol. The summed E-state index contributed by atoms with van der Waals surface area (Å²) < 4.78 is 92.3. The fourth-order valence-corrected chi connectivity index (χ4v) is 8.63. The van der Waals surface area contributed by atoms with Crippen LogP contribution in [-0.4, -0.2) is 93.4 Å². The molecule has 3 amide bonds. The van der Waals surface area contributed by atoms with Crippen molar-refractivity contribution in [3.05, 3.63) is 107 Å². The van der Waals surface area contributed by atoms with Crippen molar-refractivity contribution < 1.29 is 56.4 Å². The molecule has 0 bridgehead atoms. The van der Waals surface area contributed by atoms with Gasteiger partial charge in [0.2, 0.25) is 5.91 Å². The van der Waals surface area contributed by atoms with Gasteiger partial charge in [0, 0.05) is 39.6 Å². The van der Waals surface area contributed by atoms with Crippen LogP contribution in [0.25, 0.3) is 0 Å². The van der Waals surface area contributed by atoms with E-state index in [9.17, 15) is 30.0 Å². The average Bonchev–Trinajstić information content (AvgIpc) is 3.38. The quantitative estimate of drug-likeness (QED) is 0.170. The fourth-order valence-electron chi connectivity index (χ4n) is 8.63. The Hall–Kier alpha value is -4.18. The molecule has 2 heterocycles. The van der Waals surface area contributed by atoms with Crippen LogP contribution in [0.1, 0.15) is 54.4 Å². The first-order chi connectivity index (χ1) is 24.9. The van der Waals surface area contributed by atoms with E-state index in [-0.39, 0.29) is 24.8 Å². The lowest BCUT2D eigenvalue weighted by Crippen LogP contribution is -2.73. The molecule has 3 aromatic carbocycles. The van der Waals surface area contributed by atoms with E-state index in [1.165, 1.54) is 61.5 Å². The predicted molar refractivity (Wildman–Crippen MR) is 181 cm³/mol. The lowest BCUT2D eigenvalue weighted by atomic mass is 9.65. The highest BCUT2D eigenvalue weighted by molar-refractivity contribution is 5.87. The van der Waals surface area contributed by atoms with E-state index in [0.29, 0.717) is 5.56 Å². The average molecular weight is 752 g/mol. The summed E-state index contributed by atoms with van der Waals surface area (Å²) in [6.07, 6.45) is -14.4. The summed E-state index contributed by atoms with van der Waals surface area (Å²) in [5.41, 5.74) is -12.4. The van der Waals surface area contributed by atoms with Gasteiger partial charge in [-0.3, -0.25) is 4.79 Å². The minimum atomic E-state index is -5.44. The Balaban J connectivity index is 1.91. The van der Waals surface area contributed by atoms with Crippen LogP contribution in [0.2, 0.25) is 0 Å². The number of piperazine rings is 1. The number of nitrogens with one attached hydrogen (secondary N) is 1. The summed E-state index contributed by atoms with van der Waals surface area (Å²) in [6, 6.07) is 13.7. The minimum Gasteiger partial charge on any atom is -0.396 e. The summed E-state index contributed by atoms with van der Waals surface area (Å²) in [5.74, 6) is -0.754. The molecular formula is C38H43F6N3O6. The summed E-state index contributed by atoms with van der Waals surface area (Å²) in [6.45, 7) is -0.289. The lowest BCUT2D eigenvalue weighted by molar-refractivity contribution is -0.288. The van der Waals surface area contributed by atoms with E-state index in [1.54, 1.807) is 6.07 Å². The third-order valence-corrected chi connectivity index (χ3v) is 11.2. The number of hydrogen-bond donors (Lipinski definition) is 5. The van der Waals surface area contributed by atoms with Gasteiger partial charge < -0.3 is 35.5 Å². The van der Waals surface area contributed by atoms with Crippen molar-refractivity contribution in [1.82, 2.24) is 15.1 Å². The van der Waals surface area contributed by atoms with Gasteiger partial charge in [-0.05, 0) is 48.4 Å². The molecule has 5 N–H and O–H groups in total. The topological polar surface area (TPSA) is 134 Å². The molecule has 2 aliphatic heterocycles. The summed E-state index contributed by atoms with van der Waals surface area (Å²) in [4.78, 5) is 31.0. The molecule has 5 rings (SSSR count). The molecule has 9 nitrogen and oxygen atoms in total. The first kappa shape index (κ1) is 40.0. The highest BCUT2D eigenvalue weighted by atomic mass is 19.4. The number of aliphatic hydroxyl groups excluding tert-OH is 2. The van der Waals surface area contributed by atoms with Crippen LogP contribution in [0.5, 0.6) is 0 Å². The van der Waals surface area contributed by atoms with E-state index < -0.39 is 102 Å². The van der Waals surface area contributed by atoms with Gasteiger partial charge in [-0.25, -0.2) is 4.79 Å². The van der Waals surface area contributed by atoms with Gasteiger partial charge in [0.1, 0.15) is 0 Å². The summed E-state index contributed by atoms with van der Waals surface area (Å²) in [5, 5.41) is 46.4. The number of aryl methyl sites for hydroxylation is 1. The third-order valence-electron chi connectivity index (χ3n) is 11.2. The molecule has 2 saturated heterocycles. The molecule has 5 unspecified atom stereocenters. The van der Waals surface area contributed by atoms with Gasteiger partial charge >= 0.3 is 18.4 Å². The van der Waals surface area contributed by atoms with E-state index in [1.807, 2.05) is 0 Å². The Bertz CT molecular complexity index is 1760. The Kier molecular flexibility index (Phi) is 11.0. The molecule has 53 heavy (non-hydrogen) atoms. The number of halogens is 6. The highest BCUT2D eigenvalue weighted by Gasteiger charge is 2.70. The van der Waals surface area contributed by atoms with Crippen LogP contribution < -0.4 is 5.32 Å². The Morgan fingerprint density at radius 1 is 0.811 bits per heavy atom. The maximum Gasteiger partial charge on any atom is 0.421 e. The number of fused-ring (bicyclic) bond motifs is 1. The second-order valence-electron chi connectivity index (χ2n) is 14.1. The number of nitrogens with zero attached hydrogens (tertiary/aromatic N) is 2. The molecule has 5 atom stereocenters. The third kappa shape index (κ3) is 6.66. The normalized spacial score (nSPS) is 24.0. The largest absolute Gasteiger partial charge is 0.421 e. The molecule has 3 aromatic rings. The minimum absolute atomic E-state index is 0.00811. The maximum atomic E-state index is 15.6. The number of carbonyl (C=O) groups excluding carboxylic acids is 2. The fraction of sp³-hybridized carbons (Fsp3) is 0.474. The van der Waals surface area contributed by atoms with Gasteiger partial charge in [0.15, 0.2) is 11.2 Å². The standard InChI is InChI=1S/C38H43F6N3O6/c1-25-11-9-10-16-29(25)34(24-36(53,38(42,43)44)27-14-7-4-8-15-27)30-22-33(17-19-48,18-20-49)31(50)46(30)23-28(47(34)32(51)45-2)21-35(52,37(39,40)41)26-12-5-3-6-13-26/h3-16,28,30,48-49,52-53H,17-24H2,1-2H3,(H,45,51). The number of rotatable bonds is 11. The van der Waals surface area contributed by atoms with Crippen molar-refractivity contribution in [2.45, 2.75) is 80.2 Å². The molecule has 0 saturated carbocycles. The molecule has 2 fully saturated rings. The second kappa shape index (κ2) is 14.6. The predicted octanol–water partition coefficient (Wildman–Crippen LogP) is 5.25. The van der Waals surface area contributed by atoms with E-state index in [4.69, 9.17) is 0 Å². The monoisotopic (exact) mass is 751 g/mol. The van der Waals surface area contributed by atoms with Crippen LogP contribution in [0.3, 0.4) is 0 Å². The van der Waals surface area contributed by atoms with Crippen molar-refractivity contribution in [2.75, 3.05) is 26.8 Å². The number of urea groups is 1. The van der Waals surface area contributed by atoms with Crippen LogP contribution in [0, 0.1) is 12.3 Å². The van der Waals surface area contributed by atoms with Crippen LogP contribution in [-0.2, 0) is 21.5 Å².